The molecular weight excluding hydrogens is 368 g/mol. The summed E-state index contributed by atoms with van der Waals surface area (Å²) in [4.78, 5) is 36.6. The predicted octanol–water partition coefficient (Wildman–Crippen LogP) is 2.53. The van der Waals surface area contributed by atoms with Gasteiger partial charge in [0.15, 0.2) is 0 Å². The molecule has 2 aromatic carbocycles. The van der Waals surface area contributed by atoms with E-state index in [4.69, 9.17) is 0 Å². The van der Waals surface area contributed by atoms with E-state index < -0.39 is 0 Å². The van der Waals surface area contributed by atoms with E-state index in [2.05, 4.69) is 10.6 Å². The van der Waals surface area contributed by atoms with Crippen LogP contribution >= 0.6 is 0 Å². The van der Waals surface area contributed by atoms with Crippen LogP contribution < -0.4 is 16.3 Å². The molecule has 0 aliphatic rings. The highest BCUT2D eigenvalue weighted by molar-refractivity contribution is 5.90. The maximum atomic E-state index is 12.8. The second-order valence-corrected chi connectivity index (χ2v) is 6.92. The lowest BCUT2D eigenvalue weighted by atomic mass is 10.1. The molecule has 2 amide bonds. The van der Waals surface area contributed by atoms with Gasteiger partial charge in [0.2, 0.25) is 11.8 Å². The second kappa shape index (κ2) is 9.23. The van der Waals surface area contributed by atoms with Gasteiger partial charge < -0.3 is 10.6 Å². The van der Waals surface area contributed by atoms with Gasteiger partial charge in [-0.15, -0.1) is 0 Å². The molecule has 7 nitrogen and oxygen atoms in total. The van der Waals surface area contributed by atoms with E-state index in [1.165, 1.54) is 0 Å². The molecule has 7 heteroatoms. The zero-order valence-electron chi connectivity index (χ0n) is 16.8. The van der Waals surface area contributed by atoms with E-state index in [1.54, 1.807) is 28.3 Å². The van der Waals surface area contributed by atoms with Crippen LogP contribution in [0.25, 0.3) is 11.0 Å². The van der Waals surface area contributed by atoms with Crippen LogP contribution in [0.5, 0.6) is 0 Å². The van der Waals surface area contributed by atoms with E-state index in [0.717, 1.165) is 23.0 Å². The highest BCUT2D eigenvalue weighted by Gasteiger charge is 2.13. The van der Waals surface area contributed by atoms with Crippen LogP contribution in [-0.2, 0) is 29.1 Å². The molecule has 0 spiro atoms. The maximum absolute atomic E-state index is 12.8. The standard InChI is InChI=1S/C22H26N4O3/c1-3-13-25-18-6-4-5-7-19(18)26(22(25)29)14-12-20(27)24-17-10-8-16(9-11-17)15-21(28)23-2/h4-11H,3,12-15H2,1-2H3,(H,23,28)(H,24,27). The molecule has 2 N–H and O–H groups in total. The third-order valence-electron chi connectivity index (χ3n) is 4.82. The van der Waals surface area contributed by atoms with E-state index in [9.17, 15) is 14.4 Å². The molecule has 3 aromatic rings. The monoisotopic (exact) mass is 394 g/mol. The summed E-state index contributed by atoms with van der Waals surface area (Å²) in [6, 6.07) is 14.8. The highest BCUT2D eigenvalue weighted by atomic mass is 16.2. The van der Waals surface area contributed by atoms with E-state index >= 15 is 0 Å². The summed E-state index contributed by atoms with van der Waals surface area (Å²) in [7, 11) is 1.60. The first-order valence-electron chi connectivity index (χ1n) is 9.81. The Balaban J connectivity index is 1.66. The number of aromatic nitrogens is 2. The van der Waals surface area contributed by atoms with E-state index in [-0.39, 0.29) is 23.9 Å². The normalized spacial score (nSPS) is 10.8. The Hall–Kier alpha value is -3.35. The lowest BCUT2D eigenvalue weighted by Crippen LogP contribution is -2.26. The third kappa shape index (κ3) is 4.74. The first-order valence-corrected chi connectivity index (χ1v) is 9.81. The van der Waals surface area contributed by atoms with E-state index in [1.807, 2.05) is 43.3 Å². The number of anilines is 1. The summed E-state index contributed by atoms with van der Waals surface area (Å²) in [5, 5.41) is 5.43. The largest absolute Gasteiger partial charge is 0.359 e. The summed E-state index contributed by atoms with van der Waals surface area (Å²) < 4.78 is 3.43. The van der Waals surface area contributed by atoms with Crippen LogP contribution in [0, 0.1) is 0 Å². The zero-order chi connectivity index (χ0) is 20.8. The van der Waals surface area contributed by atoms with Crippen molar-refractivity contribution < 1.29 is 9.59 Å². The molecule has 3 rings (SSSR count). The van der Waals surface area contributed by atoms with Crippen molar-refractivity contribution >= 4 is 28.5 Å². The fourth-order valence-electron chi connectivity index (χ4n) is 3.34. The predicted molar refractivity (Wildman–Crippen MR) is 114 cm³/mol. The molecule has 0 radical (unpaired) electrons. The van der Waals surface area contributed by atoms with Crippen LogP contribution in [0.4, 0.5) is 5.69 Å². The first-order chi connectivity index (χ1) is 14.0. The number of hydrogen-bond donors (Lipinski definition) is 2. The van der Waals surface area contributed by atoms with E-state index in [0.29, 0.717) is 25.2 Å². The fourth-order valence-corrected chi connectivity index (χ4v) is 3.34. The second-order valence-electron chi connectivity index (χ2n) is 6.92. The number of likely N-dealkylation sites (N-methyl/N-ethyl adjacent to an activating group) is 1. The number of hydrogen-bond acceptors (Lipinski definition) is 3. The lowest BCUT2D eigenvalue weighted by Gasteiger charge is -2.07. The van der Waals surface area contributed by atoms with Gasteiger partial charge in [0.25, 0.3) is 0 Å². The van der Waals surface area contributed by atoms with Crippen molar-refractivity contribution in [3.05, 3.63) is 64.6 Å². The number of carbonyl (C=O) groups excluding carboxylic acids is 2. The van der Waals surface area contributed by atoms with Crippen LogP contribution in [0.2, 0.25) is 0 Å². The molecule has 0 aliphatic carbocycles. The van der Waals surface area contributed by atoms with Gasteiger partial charge in [-0.3, -0.25) is 18.7 Å². The molecular formula is C22H26N4O3. The Bertz CT molecular complexity index is 1060. The summed E-state index contributed by atoms with van der Waals surface area (Å²) >= 11 is 0. The van der Waals surface area contributed by atoms with Crippen molar-refractivity contribution in [1.29, 1.82) is 0 Å². The molecule has 1 aromatic heterocycles. The Morgan fingerprint density at radius 3 is 2.10 bits per heavy atom. The number of aryl methyl sites for hydroxylation is 2. The quantitative estimate of drug-likeness (QED) is 0.616. The third-order valence-corrected chi connectivity index (χ3v) is 4.82. The van der Waals surface area contributed by atoms with Crippen molar-refractivity contribution in [2.45, 2.75) is 39.3 Å². The van der Waals surface area contributed by atoms with Gasteiger partial charge in [-0.2, -0.15) is 0 Å². The van der Waals surface area contributed by atoms with Crippen LogP contribution in [0.1, 0.15) is 25.3 Å². The van der Waals surface area contributed by atoms with Crippen molar-refractivity contribution in [2.75, 3.05) is 12.4 Å². The number of rotatable bonds is 8. The van der Waals surface area contributed by atoms with Crippen molar-refractivity contribution in [3.63, 3.8) is 0 Å². The van der Waals surface area contributed by atoms with Gasteiger partial charge in [0.05, 0.1) is 17.5 Å². The maximum Gasteiger partial charge on any atom is 0.329 e. The molecule has 0 unspecified atom stereocenters. The number of benzene rings is 2. The topological polar surface area (TPSA) is 85.1 Å². The average molecular weight is 394 g/mol. The molecule has 152 valence electrons. The number of para-hydroxylation sites is 2. The van der Waals surface area contributed by atoms with Gasteiger partial charge in [-0.1, -0.05) is 31.2 Å². The Kier molecular flexibility index (Phi) is 6.49. The minimum absolute atomic E-state index is 0.0607. The lowest BCUT2D eigenvalue weighted by molar-refractivity contribution is -0.120. The highest BCUT2D eigenvalue weighted by Crippen LogP contribution is 2.14. The van der Waals surface area contributed by atoms with Gasteiger partial charge in [0.1, 0.15) is 0 Å². The van der Waals surface area contributed by atoms with Gasteiger partial charge in [-0.05, 0) is 36.2 Å². The summed E-state index contributed by atoms with van der Waals surface area (Å²) in [6.07, 6.45) is 1.36. The number of carbonyl (C=O) groups is 2. The molecule has 1 heterocycles. The fraction of sp³-hybridized carbons (Fsp3) is 0.318. The minimum atomic E-state index is -0.164. The Labute approximate surface area is 169 Å². The number of nitrogens with zero attached hydrogens (tertiary/aromatic N) is 2. The number of nitrogens with one attached hydrogen (secondary N) is 2. The molecule has 0 saturated heterocycles. The van der Waals surface area contributed by atoms with Gasteiger partial charge in [0, 0.05) is 32.2 Å². The Morgan fingerprint density at radius 2 is 1.52 bits per heavy atom. The zero-order valence-corrected chi connectivity index (χ0v) is 16.8. The first kappa shape index (κ1) is 20.4. The molecule has 0 aliphatic heterocycles. The smallest absolute Gasteiger partial charge is 0.329 e. The van der Waals surface area contributed by atoms with Crippen LogP contribution in [-0.4, -0.2) is 28.0 Å². The SMILES string of the molecule is CCCn1c(=O)n(CCC(=O)Nc2ccc(CC(=O)NC)cc2)c2ccccc21. The summed E-state index contributed by atoms with van der Waals surface area (Å²) in [5.74, 6) is -0.224. The summed E-state index contributed by atoms with van der Waals surface area (Å²) in [5.41, 5.74) is 3.19. The number of amides is 2. The Morgan fingerprint density at radius 1 is 0.897 bits per heavy atom. The van der Waals surface area contributed by atoms with Crippen molar-refractivity contribution in [3.8, 4) is 0 Å². The van der Waals surface area contributed by atoms with Gasteiger partial charge >= 0.3 is 5.69 Å². The van der Waals surface area contributed by atoms with Crippen molar-refractivity contribution in [1.82, 2.24) is 14.5 Å². The number of imidazole rings is 1. The van der Waals surface area contributed by atoms with Gasteiger partial charge in [-0.25, -0.2) is 4.79 Å². The molecule has 29 heavy (non-hydrogen) atoms. The van der Waals surface area contributed by atoms with Crippen molar-refractivity contribution in [2.24, 2.45) is 0 Å². The molecule has 0 saturated carbocycles. The summed E-state index contributed by atoms with van der Waals surface area (Å²) in [6.45, 7) is 3.00. The van der Waals surface area contributed by atoms with Crippen LogP contribution in [0.15, 0.2) is 53.3 Å². The van der Waals surface area contributed by atoms with Crippen LogP contribution in [0.3, 0.4) is 0 Å². The minimum Gasteiger partial charge on any atom is -0.359 e. The number of fused-ring (bicyclic) bond motifs is 1. The molecule has 0 bridgehead atoms. The average Bonchev–Trinajstić information content (AvgIpc) is 2.99. The molecule has 0 fully saturated rings. The molecule has 0 atom stereocenters.